The van der Waals surface area contributed by atoms with Crippen molar-refractivity contribution in [2.75, 3.05) is 6.61 Å². The normalized spacial score (nSPS) is 10.3. The molecule has 23 heavy (non-hydrogen) atoms. The van der Waals surface area contributed by atoms with Crippen LogP contribution in [0.1, 0.15) is 117 Å². The van der Waals surface area contributed by atoms with Gasteiger partial charge in [-0.15, -0.1) is 0 Å². The molecule has 0 aromatic rings. The Morgan fingerprint density at radius 3 is 1.30 bits per heavy atom. The standard InChI is InChI=1S/C20H40O2.Na.H/c1-3-5-6-7-8-9-10-11-12-13-14-15-16-17-18-19-20(21)22-4-2;;/h3-19H2,1-2H3;;. The second-order valence-electron chi connectivity index (χ2n) is 6.50. The number of rotatable bonds is 17. The van der Waals surface area contributed by atoms with Gasteiger partial charge in [0.05, 0.1) is 6.61 Å². The number of unbranched alkanes of at least 4 members (excludes halogenated alkanes) is 14. The van der Waals surface area contributed by atoms with E-state index in [0.717, 1.165) is 6.42 Å². The van der Waals surface area contributed by atoms with Crippen molar-refractivity contribution in [1.29, 1.82) is 0 Å². The van der Waals surface area contributed by atoms with Gasteiger partial charge in [0, 0.05) is 6.42 Å². The first-order chi connectivity index (χ1) is 10.8. The van der Waals surface area contributed by atoms with E-state index in [9.17, 15) is 4.79 Å². The quantitative estimate of drug-likeness (QED) is 0.180. The van der Waals surface area contributed by atoms with Crippen molar-refractivity contribution in [2.45, 2.75) is 117 Å². The molecule has 0 radical (unpaired) electrons. The summed E-state index contributed by atoms with van der Waals surface area (Å²) in [6, 6.07) is 0. The first-order valence-electron chi connectivity index (χ1n) is 9.96. The summed E-state index contributed by atoms with van der Waals surface area (Å²) in [5, 5.41) is 0. The summed E-state index contributed by atoms with van der Waals surface area (Å²) in [6.45, 7) is 4.66. The van der Waals surface area contributed by atoms with Crippen molar-refractivity contribution in [2.24, 2.45) is 0 Å². The molecule has 2 nitrogen and oxygen atoms in total. The predicted molar refractivity (Wildman–Crippen MR) is 103 cm³/mol. The van der Waals surface area contributed by atoms with Gasteiger partial charge in [-0.3, -0.25) is 4.79 Å². The Kier molecular flexibility index (Phi) is 25.1. The minimum atomic E-state index is -0.0304. The topological polar surface area (TPSA) is 26.3 Å². The number of carbonyl (C=O) groups excluding carboxylic acids is 1. The van der Waals surface area contributed by atoms with E-state index in [1.165, 1.54) is 89.9 Å². The second-order valence-corrected chi connectivity index (χ2v) is 6.50. The molecule has 0 aliphatic rings. The van der Waals surface area contributed by atoms with E-state index in [1.54, 1.807) is 0 Å². The SMILES string of the molecule is CCCCCCCCCCCCCCCCCC(=O)OCC.[NaH]. The Labute approximate surface area is 167 Å². The van der Waals surface area contributed by atoms with E-state index in [-0.39, 0.29) is 35.5 Å². The zero-order valence-electron chi connectivity index (χ0n) is 15.3. The van der Waals surface area contributed by atoms with Crippen LogP contribution in [0.4, 0.5) is 0 Å². The number of hydrogen-bond donors (Lipinski definition) is 0. The third-order valence-electron chi connectivity index (χ3n) is 4.29. The Hall–Kier alpha value is 0.470. The van der Waals surface area contributed by atoms with Crippen molar-refractivity contribution in [3.63, 3.8) is 0 Å². The summed E-state index contributed by atoms with van der Waals surface area (Å²) < 4.78 is 4.92. The van der Waals surface area contributed by atoms with Crippen LogP contribution in [0.25, 0.3) is 0 Å². The molecule has 0 amide bonds. The monoisotopic (exact) mass is 336 g/mol. The van der Waals surface area contributed by atoms with Gasteiger partial charge in [-0.2, -0.15) is 0 Å². The van der Waals surface area contributed by atoms with Gasteiger partial charge in [0.15, 0.2) is 0 Å². The van der Waals surface area contributed by atoms with Crippen LogP contribution in [-0.2, 0) is 9.53 Å². The average molecular weight is 337 g/mol. The molecule has 0 atom stereocenters. The average Bonchev–Trinajstić information content (AvgIpc) is 2.51. The molecule has 3 heteroatoms. The summed E-state index contributed by atoms with van der Waals surface area (Å²) in [7, 11) is 0. The molecule has 0 unspecified atom stereocenters. The molecule has 0 saturated heterocycles. The molecule has 0 aliphatic carbocycles. The Morgan fingerprint density at radius 2 is 0.957 bits per heavy atom. The first-order valence-corrected chi connectivity index (χ1v) is 9.96. The second kappa shape index (κ2) is 22.5. The number of esters is 1. The van der Waals surface area contributed by atoms with Crippen LogP contribution in [0.3, 0.4) is 0 Å². The fourth-order valence-electron chi connectivity index (χ4n) is 2.87. The Bertz CT molecular complexity index is 232. The van der Waals surface area contributed by atoms with E-state index in [1.807, 2.05) is 6.92 Å². The van der Waals surface area contributed by atoms with E-state index in [2.05, 4.69) is 6.92 Å². The van der Waals surface area contributed by atoms with Crippen LogP contribution in [0.2, 0.25) is 0 Å². The molecule has 0 aromatic carbocycles. The van der Waals surface area contributed by atoms with E-state index < -0.39 is 0 Å². The minimum absolute atomic E-state index is 0. The van der Waals surface area contributed by atoms with E-state index >= 15 is 0 Å². The van der Waals surface area contributed by atoms with Crippen LogP contribution in [0, 0.1) is 0 Å². The van der Waals surface area contributed by atoms with Crippen molar-refractivity contribution < 1.29 is 9.53 Å². The van der Waals surface area contributed by atoms with Crippen LogP contribution >= 0.6 is 0 Å². The van der Waals surface area contributed by atoms with Crippen molar-refractivity contribution in [3.8, 4) is 0 Å². The molecule has 0 bridgehead atoms. The fourth-order valence-corrected chi connectivity index (χ4v) is 2.87. The van der Waals surface area contributed by atoms with Gasteiger partial charge in [-0.05, 0) is 13.3 Å². The molecular weight excluding hydrogens is 295 g/mol. The fraction of sp³-hybridized carbons (Fsp3) is 0.950. The van der Waals surface area contributed by atoms with Gasteiger partial charge in [-0.1, -0.05) is 96.8 Å². The van der Waals surface area contributed by atoms with Gasteiger partial charge in [0.1, 0.15) is 0 Å². The van der Waals surface area contributed by atoms with Crippen LogP contribution in [0.5, 0.6) is 0 Å². The molecule has 0 spiro atoms. The molecular formula is C20H41NaO2. The third kappa shape index (κ3) is 22.5. The van der Waals surface area contributed by atoms with Crippen LogP contribution < -0.4 is 0 Å². The summed E-state index contributed by atoms with van der Waals surface area (Å²) in [4.78, 5) is 11.2. The Balaban J connectivity index is 0. The van der Waals surface area contributed by atoms with Crippen LogP contribution in [0.15, 0.2) is 0 Å². The maximum atomic E-state index is 11.2. The van der Waals surface area contributed by atoms with Gasteiger partial charge in [0.25, 0.3) is 0 Å². The molecule has 0 heterocycles. The number of hydrogen-bond acceptors (Lipinski definition) is 2. The zero-order chi connectivity index (χ0) is 16.3. The summed E-state index contributed by atoms with van der Waals surface area (Å²) >= 11 is 0. The molecule has 134 valence electrons. The van der Waals surface area contributed by atoms with Crippen molar-refractivity contribution >= 4 is 35.5 Å². The third-order valence-corrected chi connectivity index (χ3v) is 4.29. The van der Waals surface area contributed by atoms with E-state index in [4.69, 9.17) is 4.74 Å². The van der Waals surface area contributed by atoms with Gasteiger partial charge in [-0.25, -0.2) is 0 Å². The summed E-state index contributed by atoms with van der Waals surface area (Å²) in [6.07, 6.45) is 21.0. The van der Waals surface area contributed by atoms with E-state index in [0.29, 0.717) is 13.0 Å². The van der Waals surface area contributed by atoms with Crippen molar-refractivity contribution in [1.82, 2.24) is 0 Å². The molecule has 0 fully saturated rings. The van der Waals surface area contributed by atoms with Gasteiger partial charge >= 0.3 is 35.5 Å². The summed E-state index contributed by atoms with van der Waals surface area (Å²) in [5.74, 6) is -0.0304. The molecule has 0 rings (SSSR count). The summed E-state index contributed by atoms with van der Waals surface area (Å²) in [5.41, 5.74) is 0. The number of carbonyl (C=O) groups is 1. The Morgan fingerprint density at radius 1 is 0.609 bits per heavy atom. The first kappa shape index (κ1) is 25.7. The maximum absolute atomic E-state index is 11.2. The molecule has 0 saturated carbocycles. The molecule has 0 aromatic heterocycles. The predicted octanol–water partition coefficient (Wildman–Crippen LogP) is 6.16. The molecule has 0 aliphatic heterocycles. The van der Waals surface area contributed by atoms with Gasteiger partial charge < -0.3 is 4.74 Å². The number of ether oxygens (including phenoxy) is 1. The molecule has 0 N–H and O–H groups in total. The van der Waals surface area contributed by atoms with Crippen LogP contribution in [-0.4, -0.2) is 42.1 Å². The van der Waals surface area contributed by atoms with Crippen molar-refractivity contribution in [3.05, 3.63) is 0 Å². The van der Waals surface area contributed by atoms with Gasteiger partial charge in [0.2, 0.25) is 0 Å². The zero-order valence-corrected chi connectivity index (χ0v) is 15.3.